The lowest BCUT2D eigenvalue weighted by Crippen LogP contribution is -2.28. The third-order valence-electron chi connectivity index (χ3n) is 3.35. The number of fused-ring (bicyclic) bond motifs is 1. The van der Waals surface area contributed by atoms with E-state index in [9.17, 15) is 4.79 Å². The molecule has 0 aliphatic rings. The Labute approximate surface area is 135 Å². The fourth-order valence-electron chi connectivity index (χ4n) is 2.01. The van der Waals surface area contributed by atoms with Crippen LogP contribution < -0.4 is 0 Å². The van der Waals surface area contributed by atoms with Gasteiger partial charge in [0.1, 0.15) is 5.01 Å². The third kappa shape index (κ3) is 2.81. The number of amides is 1. The van der Waals surface area contributed by atoms with Gasteiger partial charge in [0.2, 0.25) is 0 Å². The summed E-state index contributed by atoms with van der Waals surface area (Å²) in [5, 5.41) is 0.940. The number of hydrogen-bond acceptors (Lipinski definition) is 4. The number of halogens is 1. The summed E-state index contributed by atoms with van der Waals surface area (Å²) in [4.78, 5) is 19.4. The minimum absolute atomic E-state index is 0.0290. The number of aromatic nitrogens is 1. The highest BCUT2D eigenvalue weighted by Crippen LogP contribution is 2.30. The molecule has 0 aliphatic carbocycles. The van der Waals surface area contributed by atoms with E-state index in [1.54, 1.807) is 35.4 Å². The van der Waals surface area contributed by atoms with Crippen molar-refractivity contribution in [2.75, 3.05) is 7.05 Å². The smallest absolute Gasteiger partial charge is 0.264 e. The number of thiazole rings is 1. The first-order chi connectivity index (χ1) is 10.1. The molecule has 21 heavy (non-hydrogen) atoms. The highest BCUT2D eigenvalue weighted by Gasteiger charge is 2.22. The highest BCUT2D eigenvalue weighted by atomic mass is 35.5. The van der Waals surface area contributed by atoms with Crippen molar-refractivity contribution in [3.8, 4) is 0 Å². The van der Waals surface area contributed by atoms with Crippen LogP contribution in [0.3, 0.4) is 0 Å². The van der Waals surface area contributed by atoms with Crippen LogP contribution in [-0.2, 0) is 0 Å². The van der Waals surface area contributed by atoms with Gasteiger partial charge in [-0.1, -0.05) is 23.7 Å². The molecule has 0 N–H and O–H groups in total. The predicted octanol–water partition coefficient (Wildman–Crippen LogP) is 4.84. The summed E-state index contributed by atoms with van der Waals surface area (Å²) in [5.41, 5.74) is 0.976. The lowest BCUT2D eigenvalue weighted by molar-refractivity contribution is 0.0747. The zero-order chi connectivity index (χ0) is 15.0. The molecular weight excluding hydrogens is 324 g/mol. The summed E-state index contributed by atoms with van der Waals surface area (Å²) in [6.07, 6.45) is 0. The number of para-hydroxylation sites is 1. The van der Waals surface area contributed by atoms with Crippen molar-refractivity contribution in [2.24, 2.45) is 0 Å². The van der Waals surface area contributed by atoms with Gasteiger partial charge in [0, 0.05) is 7.05 Å². The fourth-order valence-corrected chi connectivity index (χ4v) is 4.10. The topological polar surface area (TPSA) is 33.2 Å². The molecule has 0 bridgehead atoms. The van der Waals surface area contributed by atoms with Crippen LogP contribution in [0.2, 0.25) is 4.34 Å². The van der Waals surface area contributed by atoms with E-state index in [0.717, 1.165) is 15.2 Å². The van der Waals surface area contributed by atoms with E-state index in [4.69, 9.17) is 11.6 Å². The SMILES string of the molecule is C[C@@H](c1nc2ccccc2s1)N(C)C(=O)c1ccc(Cl)s1. The second kappa shape index (κ2) is 5.75. The van der Waals surface area contributed by atoms with E-state index in [1.807, 2.05) is 31.2 Å². The van der Waals surface area contributed by atoms with E-state index in [0.29, 0.717) is 9.21 Å². The van der Waals surface area contributed by atoms with Gasteiger partial charge in [-0.25, -0.2) is 4.98 Å². The van der Waals surface area contributed by atoms with Gasteiger partial charge in [-0.15, -0.1) is 22.7 Å². The molecule has 2 aromatic heterocycles. The Kier molecular flexibility index (Phi) is 3.97. The molecule has 1 aromatic carbocycles. The average Bonchev–Trinajstić information content (AvgIpc) is 3.10. The molecule has 0 aliphatic heterocycles. The monoisotopic (exact) mass is 336 g/mol. The molecular formula is C15H13ClN2OS2. The van der Waals surface area contributed by atoms with Gasteiger partial charge in [-0.05, 0) is 31.2 Å². The normalized spacial score (nSPS) is 12.5. The number of thiophene rings is 1. The van der Waals surface area contributed by atoms with Crippen molar-refractivity contribution >= 4 is 50.4 Å². The quantitative estimate of drug-likeness (QED) is 0.685. The number of carbonyl (C=O) groups excluding carboxylic acids is 1. The molecule has 0 fully saturated rings. The predicted molar refractivity (Wildman–Crippen MR) is 89.5 cm³/mol. The molecule has 0 unspecified atom stereocenters. The fraction of sp³-hybridized carbons (Fsp3) is 0.200. The van der Waals surface area contributed by atoms with Crippen molar-refractivity contribution in [3.63, 3.8) is 0 Å². The molecule has 1 amide bonds. The van der Waals surface area contributed by atoms with E-state index < -0.39 is 0 Å². The van der Waals surface area contributed by atoms with Crippen LogP contribution in [0.4, 0.5) is 0 Å². The minimum Gasteiger partial charge on any atom is -0.332 e. The molecule has 6 heteroatoms. The molecule has 2 heterocycles. The number of hydrogen-bond donors (Lipinski definition) is 0. The van der Waals surface area contributed by atoms with Crippen LogP contribution in [0.5, 0.6) is 0 Å². The van der Waals surface area contributed by atoms with E-state index in [1.165, 1.54) is 11.3 Å². The van der Waals surface area contributed by atoms with Crippen molar-refractivity contribution in [2.45, 2.75) is 13.0 Å². The summed E-state index contributed by atoms with van der Waals surface area (Å²) in [6, 6.07) is 11.4. The maximum absolute atomic E-state index is 12.4. The van der Waals surface area contributed by atoms with Crippen LogP contribution in [0, 0.1) is 0 Å². The Morgan fingerprint density at radius 2 is 2.00 bits per heavy atom. The van der Waals surface area contributed by atoms with Crippen molar-refractivity contribution in [1.29, 1.82) is 0 Å². The van der Waals surface area contributed by atoms with Crippen LogP contribution in [0.25, 0.3) is 10.2 Å². The van der Waals surface area contributed by atoms with Crippen molar-refractivity contribution in [3.05, 3.63) is 50.6 Å². The van der Waals surface area contributed by atoms with Gasteiger partial charge in [0.05, 0.1) is 25.5 Å². The van der Waals surface area contributed by atoms with E-state index in [2.05, 4.69) is 4.98 Å². The van der Waals surface area contributed by atoms with Crippen LogP contribution in [0.1, 0.15) is 27.6 Å². The molecule has 108 valence electrons. The van der Waals surface area contributed by atoms with Gasteiger partial charge in [0.15, 0.2) is 0 Å². The zero-order valence-electron chi connectivity index (χ0n) is 11.5. The third-order valence-corrected chi connectivity index (χ3v) is 5.78. The maximum Gasteiger partial charge on any atom is 0.264 e. The van der Waals surface area contributed by atoms with Crippen LogP contribution >= 0.6 is 34.3 Å². The summed E-state index contributed by atoms with van der Waals surface area (Å²) in [7, 11) is 1.80. The molecule has 0 saturated heterocycles. The minimum atomic E-state index is -0.0734. The lowest BCUT2D eigenvalue weighted by Gasteiger charge is -2.22. The van der Waals surface area contributed by atoms with Crippen LogP contribution in [0.15, 0.2) is 36.4 Å². The molecule has 0 radical (unpaired) electrons. The maximum atomic E-state index is 12.4. The largest absolute Gasteiger partial charge is 0.332 e. The number of rotatable bonds is 3. The highest BCUT2D eigenvalue weighted by molar-refractivity contribution is 7.18. The number of carbonyl (C=O) groups is 1. The first-order valence-corrected chi connectivity index (χ1v) is 8.45. The van der Waals surface area contributed by atoms with E-state index in [-0.39, 0.29) is 11.9 Å². The molecule has 0 saturated carbocycles. The standard InChI is InChI=1S/C15H13ClN2OS2/c1-9(14-17-10-5-3-4-6-11(10)21-14)18(2)15(19)12-7-8-13(16)20-12/h3-9H,1-2H3/t9-/m0/s1. The van der Waals surface area contributed by atoms with Crippen molar-refractivity contribution in [1.82, 2.24) is 9.88 Å². The first kappa shape index (κ1) is 14.5. The Morgan fingerprint density at radius 3 is 2.67 bits per heavy atom. The second-order valence-corrected chi connectivity index (χ2v) is 7.49. The van der Waals surface area contributed by atoms with Crippen LogP contribution in [-0.4, -0.2) is 22.8 Å². The van der Waals surface area contributed by atoms with Gasteiger partial charge in [-0.2, -0.15) is 0 Å². The Bertz CT molecular complexity index is 763. The van der Waals surface area contributed by atoms with Gasteiger partial charge in [0.25, 0.3) is 5.91 Å². The average molecular weight is 337 g/mol. The van der Waals surface area contributed by atoms with Gasteiger partial charge >= 0.3 is 0 Å². The molecule has 3 nitrogen and oxygen atoms in total. The van der Waals surface area contributed by atoms with Gasteiger partial charge in [-0.3, -0.25) is 4.79 Å². The molecule has 0 spiro atoms. The molecule has 3 rings (SSSR count). The summed E-state index contributed by atoms with van der Waals surface area (Å²) < 4.78 is 1.76. The molecule has 1 atom stereocenters. The van der Waals surface area contributed by atoms with Crippen molar-refractivity contribution < 1.29 is 4.79 Å². The second-order valence-electron chi connectivity index (χ2n) is 4.72. The molecule has 3 aromatic rings. The number of nitrogens with zero attached hydrogens (tertiary/aromatic N) is 2. The zero-order valence-corrected chi connectivity index (χ0v) is 13.9. The first-order valence-electron chi connectivity index (χ1n) is 6.44. The lowest BCUT2D eigenvalue weighted by atomic mass is 10.3. The Morgan fingerprint density at radius 1 is 1.24 bits per heavy atom. The van der Waals surface area contributed by atoms with Gasteiger partial charge < -0.3 is 4.90 Å². The summed E-state index contributed by atoms with van der Waals surface area (Å²) in [5.74, 6) is -0.0290. The Balaban J connectivity index is 1.86. The summed E-state index contributed by atoms with van der Waals surface area (Å²) in [6.45, 7) is 1.99. The summed E-state index contributed by atoms with van der Waals surface area (Å²) >= 11 is 8.82. The Hall–Kier alpha value is -1.43. The van der Waals surface area contributed by atoms with E-state index >= 15 is 0 Å². The number of benzene rings is 1.